The van der Waals surface area contributed by atoms with E-state index in [2.05, 4.69) is 4.90 Å². The maximum Gasteiger partial charge on any atom is 0.430 e. The molecule has 210 valence electrons. The number of morpholine rings is 1. The molecule has 2 bridgehead atoms. The Balaban J connectivity index is 1.55. The maximum absolute atomic E-state index is 13.2. The Morgan fingerprint density at radius 3 is 1.97 bits per heavy atom. The number of sulfonamides is 1. The summed E-state index contributed by atoms with van der Waals surface area (Å²) in [5.74, 6) is 0. The molecule has 2 aliphatic rings. The first-order chi connectivity index (χ1) is 17.6. The molecule has 0 aromatic heterocycles. The van der Waals surface area contributed by atoms with Gasteiger partial charge in [0.05, 0.1) is 31.6 Å². The van der Waals surface area contributed by atoms with E-state index in [0.717, 1.165) is 23.3 Å². The minimum atomic E-state index is -5.94. The van der Waals surface area contributed by atoms with E-state index < -0.39 is 33.5 Å². The summed E-state index contributed by atoms with van der Waals surface area (Å²) in [6.07, 6.45) is -10.1. The van der Waals surface area contributed by atoms with Gasteiger partial charge in [-0.05, 0) is 28.7 Å². The number of piperazine rings is 1. The molecule has 1 N–H and O–H groups in total. The minimum absolute atomic E-state index is 0.284. The van der Waals surface area contributed by atoms with Gasteiger partial charge in [0.1, 0.15) is 0 Å². The van der Waals surface area contributed by atoms with Gasteiger partial charge in [-0.15, -0.1) is 0 Å². The van der Waals surface area contributed by atoms with Crippen LogP contribution in [0.2, 0.25) is 0 Å². The molecule has 2 heterocycles. The van der Waals surface area contributed by atoms with E-state index in [9.17, 15) is 39.9 Å². The lowest BCUT2D eigenvalue weighted by atomic mass is 9.89. The van der Waals surface area contributed by atoms with Gasteiger partial charge in [0.25, 0.3) is 5.60 Å². The molecule has 2 fully saturated rings. The summed E-state index contributed by atoms with van der Waals surface area (Å²) in [7, 11) is -3.37. The highest BCUT2D eigenvalue weighted by Crippen LogP contribution is 2.50. The van der Waals surface area contributed by atoms with Gasteiger partial charge in [-0.2, -0.15) is 30.6 Å². The van der Waals surface area contributed by atoms with Crippen LogP contribution in [0.4, 0.5) is 26.3 Å². The summed E-state index contributed by atoms with van der Waals surface area (Å²) in [5, 5.41) is 9.63. The van der Waals surface area contributed by atoms with Crippen molar-refractivity contribution in [3.8, 4) is 11.1 Å². The number of nitrogens with zero attached hydrogens (tertiary/aromatic N) is 2. The van der Waals surface area contributed by atoms with E-state index in [1.165, 1.54) is 10.6 Å². The first-order valence-electron chi connectivity index (χ1n) is 11.9. The van der Waals surface area contributed by atoms with Gasteiger partial charge < -0.3 is 9.84 Å². The van der Waals surface area contributed by atoms with Crippen LogP contribution in [0.15, 0.2) is 42.5 Å². The second-order valence-corrected chi connectivity index (χ2v) is 11.6. The number of halogens is 6. The van der Waals surface area contributed by atoms with E-state index in [1.54, 1.807) is 6.07 Å². The van der Waals surface area contributed by atoms with Crippen molar-refractivity contribution in [2.75, 3.05) is 32.6 Å². The second-order valence-electron chi connectivity index (χ2n) is 9.76. The summed E-state index contributed by atoms with van der Waals surface area (Å²) in [5.41, 5.74) is -3.43. The lowest BCUT2D eigenvalue weighted by molar-refractivity contribution is -0.376. The van der Waals surface area contributed by atoms with Gasteiger partial charge >= 0.3 is 12.4 Å². The summed E-state index contributed by atoms with van der Waals surface area (Å²) in [4.78, 5) is 2.15. The number of fused-ring (bicyclic) bond motifs is 2. The monoisotopic (exact) mass is 566 g/mol. The largest absolute Gasteiger partial charge is 0.430 e. The third-order valence-corrected chi connectivity index (χ3v) is 8.41. The number of alkyl halides is 6. The molecule has 0 amide bonds. The van der Waals surface area contributed by atoms with Crippen LogP contribution in [0.3, 0.4) is 0 Å². The van der Waals surface area contributed by atoms with Crippen molar-refractivity contribution in [2.24, 2.45) is 0 Å². The number of rotatable bonds is 6. The normalized spacial score (nSPS) is 22.0. The van der Waals surface area contributed by atoms with Gasteiger partial charge in [0.2, 0.25) is 10.0 Å². The fourth-order valence-corrected chi connectivity index (χ4v) is 6.69. The minimum Gasteiger partial charge on any atom is -0.378 e. The lowest BCUT2D eigenvalue weighted by Gasteiger charge is -2.48. The van der Waals surface area contributed by atoms with Crippen LogP contribution >= 0.6 is 0 Å². The van der Waals surface area contributed by atoms with E-state index in [4.69, 9.17) is 4.74 Å². The van der Waals surface area contributed by atoms with Crippen molar-refractivity contribution >= 4 is 10.0 Å². The standard InChI is InChI=1S/C25H28F6N2O4S/c1-3-17-10-16(11-32-12-20-14-37-15-21(13-32)33(20)38(2,35)36)4-9-22(17)18-5-7-19(8-6-18)23(34,24(26,27)28)25(29,30)31/h4-10,20-21,34H,3,11-15H2,1-2H3/t20-,21+. The number of hydrogen-bond acceptors (Lipinski definition) is 5. The summed E-state index contributed by atoms with van der Waals surface area (Å²) in [6, 6.07) is 8.52. The predicted molar refractivity (Wildman–Crippen MR) is 128 cm³/mol. The molecule has 4 rings (SSSR count). The molecule has 13 heteroatoms. The van der Waals surface area contributed by atoms with Gasteiger partial charge in [-0.25, -0.2) is 8.42 Å². The fourth-order valence-electron chi connectivity index (χ4n) is 5.35. The van der Waals surface area contributed by atoms with Crippen LogP contribution in [0.5, 0.6) is 0 Å². The zero-order valence-corrected chi connectivity index (χ0v) is 21.5. The van der Waals surface area contributed by atoms with Crippen molar-refractivity contribution in [3.63, 3.8) is 0 Å². The third-order valence-electron chi connectivity index (χ3n) is 7.05. The summed E-state index contributed by atoms with van der Waals surface area (Å²) < 4.78 is 111. The van der Waals surface area contributed by atoms with Crippen LogP contribution in [0.25, 0.3) is 11.1 Å². The molecule has 2 saturated heterocycles. The van der Waals surface area contributed by atoms with Crippen LogP contribution in [0.1, 0.15) is 23.6 Å². The molecule has 2 aromatic rings. The Labute approximate surface area is 216 Å². The molecule has 2 aromatic carbocycles. The maximum atomic E-state index is 13.2. The highest BCUT2D eigenvalue weighted by molar-refractivity contribution is 7.88. The van der Waals surface area contributed by atoms with Crippen LogP contribution in [-0.4, -0.2) is 79.7 Å². The van der Waals surface area contributed by atoms with Crippen LogP contribution in [-0.2, 0) is 33.3 Å². The Hall–Kier alpha value is -2.19. The van der Waals surface area contributed by atoms with Crippen molar-refractivity contribution in [2.45, 2.75) is 49.9 Å². The third kappa shape index (κ3) is 5.31. The van der Waals surface area contributed by atoms with Crippen LogP contribution in [0, 0.1) is 0 Å². The van der Waals surface area contributed by atoms with Crippen molar-refractivity contribution in [3.05, 3.63) is 59.2 Å². The fraction of sp³-hybridized carbons (Fsp3) is 0.520. The number of aryl methyl sites for hydroxylation is 1. The quantitative estimate of drug-likeness (QED) is 0.534. The van der Waals surface area contributed by atoms with Gasteiger partial charge in [-0.1, -0.05) is 49.4 Å². The Morgan fingerprint density at radius 2 is 1.50 bits per heavy atom. The highest BCUT2D eigenvalue weighted by Gasteiger charge is 2.71. The highest BCUT2D eigenvalue weighted by atomic mass is 32.2. The number of ether oxygens (including phenoxy) is 1. The average Bonchev–Trinajstić information content (AvgIpc) is 2.81. The summed E-state index contributed by atoms with van der Waals surface area (Å²) in [6.45, 7) is 4.04. The smallest absolute Gasteiger partial charge is 0.378 e. The van der Waals surface area contributed by atoms with Crippen molar-refractivity contribution in [1.29, 1.82) is 0 Å². The molecule has 2 atom stereocenters. The molecule has 38 heavy (non-hydrogen) atoms. The van der Waals surface area contributed by atoms with Gasteiger partial charge in [0.15, 0.2) is 0 Å². The lowest BCUT2D eigenvalue weighted by Crippen LogP contribution is -2.65. The zero-order chi connectivity index (χ0) is 28.1. The Morgan fingerprint density at radius 1 is 0.947 bits per heavy atom. The van der Waals surface area contributed by atoms with E-state index in [1.807, 2.05) is 19.1 Å². The molecular formula is C25H28F6N2O4S. The van der Waals surface area contributed by atoms with Gasteiger partial charge in [-0.3, -0.25) is 4.90 Å². The van der Waals surface area contributed by atoms with E-state index in [-0.39, 0.29) is 12.1 Å². The SMILES string of the molecule is CCc1cc(CN2C[C@H]3COC[C@@H](C2)N3S(C)(=O)=O)ccc1-c1ccc(C(O)(C(F)(F)F)C(F)(F)F)cc1. The average molecular weight is 567 g/mol. The number of aliphatic hydroxyl groups is 1. The van der Waals surface area contributed by atoms with E-state index >= 15 is 0 Å². The topological polar surface area (TPSA) is 70.1 Å². The van der Waals surface area contributed by atoms with Crippen molar-refractivity contribution < 1.29 is 44.6 Å². The molecular weight excluding hydrogens is 538 g/mol. The number of hydrogen-bond donors (Lipinski definition) is 1. The molecule has 0 saturated carbocycles. The first-order valence-corrected chi connectivity index (χ1v) is 13.8. The van der Waals surface area contributed by atoms with Gasteiger partial charge in [0, 0.05) is 25.2 Å². The summed E-state index contributed by atoms with van der Waals surface area (Å²) >= 11 is 0. The molecule has 2 aliphatic heterocycles. The molecule has 0 aliphatic carbocycles. The van der Waals surface area contributed by atoms with Crippen molar-refractivity contribution in [1.82, 2.24) is 9.21 Å². The predicted octanol–water partition coefficient (Wildman–Crippen LogP) is 4.07. The Kier molecular flexibility index (Phi) is 7.65. The first kappa shape index (κ1) is 28.8. The molecule has 0 spiro atoms. The second kappa shape index (κ2) is 10.1. The zero-order valence-electron chi connectivity index (χ0n) is 20.7. The van der Waals surface area contributed by atoms with Crippen LogP contribution < -0.4 is 0 Å². The Bertz CT molecular complexity index is 1240. The number of benzene rings is 2. The molecule has 0 radical (unpaired) electrons. The molecule has 0 unspecified atom stereocenters. The molecule has 6 nitrogen and oxygen atoms in total. The van der Waals surface area contributed by atoms with E-state index in [0.29, 0.717) is 62.5 Å².